The summed E-state index contributed by atoms with van der Waals surface area (Å²) in [6, 6.07) is 6.03. The zero-order chi connectivity index (χ0) is 16.7. The maximum Gasteiger partial charge on any atom is 0.226 e. The lowest BCUT2D eigenvalue weighted by atomic mass is 10.0. The third-order valence-corrected chi connectivity index (χ3v) is 6.27. The van der Waals surface area contributed by atoms with E-state index in [-0.39, 0.29) is 6.04 Å². The number of rotatable bonds is 4. The van der Waals surface area contributed by atoms with Crippen LogP contribution in [0.3, 0.4) is 0 Å². The van der Waals surface area contributed by atoms with Crippen LogP contribution in [0.2, 0.25) is 0 Å². The number of likely N-dealkylation sites (tertiary alicyclic amines) is 1. The number of nitrogens with zero attached hydrogens (tertiary/aromatic N) is 1. The van der Waals surface area contributed by atoms with Gasteiger partial charge in [0.25, 0.3) is 0 Å². The van der Waals surface area contributed by atoms with Crippen LogP contribution in [0.15, 0.2) is 18.2 Å². The Balaban J connectivity index is 1.58. The van der Waals surface area contributed by atoms with E-state index in [2.05, 4.69) is 4.90 Å². The molecule has 0 bridgehead atoms. The van der Waals surface area contributed by atoms with Crippen molar-refractivity contribution in [3.63, 3.8) is 0 Å². The van der Waals surface area contributed by atoms with E-state index in [4.69, 9.17) is 9.47 Å². The van der Waals surface area contributed by atoms with Gasteiger partial charge in [0, 0.05) is 18.0 Å². The van der Waals surface area contributed by atoms with Crippen LogP contribution in [-0.4, -0.2) is 31.6 Å². The van der Waals surface area contributed by atoms with Crippen molar-refractivity contribution >= 4 is 5.91 Å². The Morgan fingerprint density at radius 3 is 2.46 bits per heavy atom. The quantitative estimate of drug-likeness (QED) is 0.843. The molecular formula is C20H27NO3. The second-order valence-corrected chi connectivity index (χ2v) is 7.44. The molecule has 2 saturated carbocycles. The molecule has 3 aliphatic rings. The number of hydrogen-bond acceptors (Lipinski definition) is 3. The Morgan fingerprint density at radius 2 is 1.79 bits per heavy atom. The van der Waals surface area contributed by atoms with Crippen molar-refractivity contribution in [3.05, 3.63) is 23.8 Å². The van der Waals surface area contributed by atoms with Gasteiger partial charge in [-0.3, -0.25) is 4.79 Å². The van der Waals surface area contributed by atoms with Gasteiger partial charge in [-0.15, -0.1) is 0 Å². The molecule has 1 aromatic carbocycles. The number of carbonyl (C=O) groups is 1. The molecule has 4 nitrogen and oxygen atoms in total. The van der Waals surface area contributed by atoms with Crippen LogP contribution in [0.25, 0.3) is 0 Å². The van der Waals surface area contributed by atoms with Crippen LogP contribution < -0.4 is 9.47 Å². The van der Waals surface area contributed by atoms with Crippen molar-refractivity contribution in [1.82, 2.24) is 4.90 Å². The number of amides is 1. The van der Waals surface area contributed by atoms with Gasteiger partial charge < -0.3 is 14.4 Å². The van der Waals surface area contributed by atoms with Gasteiger partial charge in [0.15, 0.2) is 0 Å². The van der Waals surface area contributed by atoms with Crippen LogP contribution >= 0.6 is 0 Å². The summed E-state index contributed by atoms with van der Waals surface area (Å²) in [5.74, 6) is 3.70. The first kappa shape index (κ1) is 15.8. The van der Waals surface area contributed by atoms with E-state index in [0.29, 0.717) is 23.7 Å². The van der Waals surface area contributed by atoms with Crippen molar-refractivity contribution in [1.29, 1.82) is 0 Å². The maximum absolute atomic E-state index is 13.2. The van der Waals surface area contributed by atoms with Gasteiger partial charge in [-0.1, -0.05) is 12.8 Å². The first-order valence-corrected chi connectivity index (χ1v) is 9.27. The Morgan fingerprint density at radius 1 is 1.04 bits per heavy atom. The molecule has 0 spiro atoms. The van der Waals surface area contributed by atoms with Gasteiger partial charge >= 0.3 is 0 Å². The average molecular weight is 329 g/mol. The minimum atomic E-state index is 0.130. The molecule has 0 radical (unpaired) electrons. The van der Waals surface area contributed by atoms with E-state index >= 15 is 0 Å². The summed E-state index contributed by atoms with van der Waals surface area (Å²) < 4.78 is 11.0. The number of ether oxygens (including phenoxy) is 2. The summed E-state index contributed by atoms with van der Waals surface area (Å²) in [5.41, 5.74) is 1.09. The molecule has 3 fully saturated rings. The summed E-state index contributed by atoms with van der Waals surface area (Å²) >= 11 is 0. The first-order valence-electron chi connectivity index (χ1n) is 9.27. The first-order chi connectivity index (χ1) is 11.7. The SMILES string of the molecule is COc1ccc(OC)c([C@@H]2CCCN2C(=O)C2[C@H]3CCCC[C@H]23)c1. The maximum atomic E-state index is 13.2. The lowest BCUT2D eigenvalue weighted by Crippen LogP contribution is -2.32. The van der Waals surface area contributed by atoms with Gasteiger partial charge in [-0.25, -0.2) is 0 Å². The van der Waals surface area contributed by atoms with Gasteiger partial charge in [0.2, 0.25) is 5.91 Å². The molecule has 4 rings (SSSR count). The van der Waals surface area contributed by atoms with Crippen molar-refractivity contribution in [2.75, 3.05) is 20.8 Å². The van der Waals surface area contributed by atoms with Gasteiger partial charge in [-0.05, 0) is 55.7 Å². The molecular weight excluding hydrogens is 302 g/mol. The predicted octanol–water partition coefficient (Wildman–Crippen LogP) is 3.80. The third-order valence-electron chi connectivity index (χ3n) is 6.27. The average Bonchev–Trinajstić information content (AvgIpc) is 3.15. The highest BCUT2D eigenvalue weighted by Crippen LogP contribution is 2.57. The fourth-order valence-corrected chi connectivity index (χ4v) is 5.00. The monoisotopic (exact) mass is 329 g/mol. The summed E-state index contributed by atoms with van der Waals surface area (Å²) in [7, 11) is 3.37. The largest absolute Gasteiger partial charge is 0.497 e. The van der Waals surface area contributed by atoms with Crippen LogP contribution in [0, 0.1) is 17.8 Å². The Labute approximate surface area is 144 Å². The van der Waals surface area contributed by atoms with E-state index in [1.807, 2.05) is 18.2 Å². The number of benzene rings is 1. The summed E-state index contributed by atoms with van der Waals surface area (Å²) in [5, 5.41) is 0. The van der Waals surface area contributed by atoms with Crippen molar-refractivity contribution in [2.24, 2.45) is 17.8 Å². The molecule has 1 heterocycles. The minimum Gasteiger partial charge on any atom is -0.497 e. The predicted molar refractivity (Wildman–Crippen MR) is 92.2 cm³/mol. The van der Waals surface area contributed by atoms with Crippen LogP contribution in [0.1, 0.15) is 50.1 Å². The highest BCUT2D eigenvalue weighted by atomic mass is 16.5. The molecule has 2 aliphatic carbocycles. The summed E-state index contributed by atoms with van der Waals surface area (Å²) in [6.45, 7) is 0.875. The molecule has 1 aromatic rings. The van der Waals surface area contributed by atoms with E-state index in [1.54, 1.807) is 14.2 Å². The standard InChI is InChI=1S/C20H27NO3/c1-23-13-9-10-18(24-2)16(12-13)17-8-5-11-21(17)20(22)19-14-6-3-4-7-15(14)19/h9-10,12,14-15,17,19H,3-8,11H2,1-2H3/t14-,15-,17-/m0/s1. The van der Waals surface area contributed by atoms with Crippen molar-refractivity contribution < 1.29 is 14.3 Å². The van der Waals surface area contributed by atoms with E-state index < -0.39 is 0 Å². The van der Waals surface area contributed by atoms with Crippen molar-refractivity contribution in [2.45, 2.75) is 44.6 Å². The number of hydrogen-bond donors (Lipinski definition) is 0. The molecule has 24 heavy (non-hydrogen) atoms. The lowest BCUT2D eigenvalue weighted by molar-refractivity contribution is -0.134. The Bertz CT molecular complexity index is 617. The number of methoxy groups -OCH3 is 2. The highest BCUT2D eigenvalue weighted by molar-refractivity contribution is 5.83. The highest BCUT2D eigenvalue weighted by Gasteiger charge is 2.56. The lowest BCUT2D eigenvalue weighted by Gasteiger charge is -2.27. The van der Waals surface area contributed by atoms with Gasteiger partial charge in [-0.2, -0.15) is 0 Å². The van der Waals surface area contributed by atoms with Crippen molar-refractivity contribution in [3.8, 4) is 11.5 Å². The summed E-state index contributed by atoms with van der Waals surface area (Å²) in [6.07, 6.45) is 7.19. The molecule has 3 atom stereocenters. The second kappa shape index (κ2) is 6.30. The fourth-order valence-electron chi connectivity index (χ4n) is 5.00. The fraction of sp³-hybridized carbons (Fsp3) is 0.650. The van der Waals surface area contributed by atoms with E-state index in [1.165, 1.54) is 25.7 Å². The minimum absolute atomic E-state index is 0.130. The molecule has 130 valence electrons. The number of carbonyl (C=O) groups excluding carboxylic acids is 1. The molecule has 1 saturated heterocycles. The molecule has 1 amide bonds. The van der Waals surface area contributed by atoms with Crippen LogP contribution in [0.5, 0.6) is 11.5 Å². The molecule has 1 aliphatic heterocycles. The second-order valence-electron chi connectivity index (χ2n) is 7.44. The Kier molecular flexibility index (Phi) is 4.15. The molecule has 4 heteroatoms. The molecule has 0 N–H and O–H groups in total. The normalized spacial score (nSPS) is 31.5. The topological polar surface area (TPSA) is 38.8 Å². The number of fused-ring (bicyclic) bond motifs is 1. The zero-order valence-electron chi connectivity index (χ0n) is 14.7. The summed E-state index contributed by atoms with van der Waals surface area (Å²) in [4.78, 5) is 15.3. The van der Waals surface area contributed by atoms with Gasteiger partial charge in [0.05, 0.1) is 20.3 Å². The van der Waals surface area contributed by atoms with Crippen LogP contribution in [0.4, 0.5) is 0 Å². The van der Waals surface area contributed by atoms with Crippen LogP contribution in [-0.2, 0) is 4.79 Å². The van der Waals surface area contributed by atoms with E-state index in [9.17, 15) is 4.79 Å². The molecule has 0 unspecified atom stereocenters. The van der Waals surface area contributed by atoms with Gasteiger partial charge in [0.1, 0.15) is 11.5 Å². The molecule has 0 aromatic heterocycles. The zero-order valence-corrected chi connectivity index (χ0v) is 14.7. The smallest absolute Gasteiger partial charge is 0.226 e. The Hall–Kier alpha value is -1.71. The van der Waals surface area contributed by atoms with E-state index in [0.717, 1.165) is 36.4 Å². The third kappa shape index (κ3) is 2.56.